The summed E-state index contributed by atoms with van der Waals surface area (Å²) >= 11 is 1.28. The van der Waals surface area contributed by atoms with Crippen LogP contribution in [-0.2, 0) is 6.54 Å². The van der Waals surface area contributed by atoms with Gasteiger partial charge in [-0.25, -0.2) is 10.8 Å². The molecular weight excluding hydrogens is 164 g/mol. The summed E-state index contributed by atoms with van der Waals surface area (Å²) in [5.74, 6) is 5.16. The summed E-state index contributed by atoms with van der Waals surface area (Å²) in [5, 5.41) is 5.56. The van der Waals surface area contributed by atoms with Gasteiger partial charge in [0, 0.05) is 5.38 Å². The zero-order valence-electron chi connectivity index (χ0n) is 5.69. The van der Waals surface area contributed by atoms with Gasteiger partial charge in [-0.05, 0) is 11.5 Å². The normalized spacial score (nSPS) is 11.5. The van der Waals surface area contributed by atoms with Gasteiger partial charge in [-0.2, -0.15) is 0 Å². The molecule has 0 aromatic carbocycles. The predicted octanol–water partition coefficient (Wildman–Crippen LogP) is -1.18. The first-order valence-electron chi connectivity index (χ1n) is 2.85. The number of hydrogen-bond donors (Lipinski definition) is 3. The maximum atomic E-state index is 5.26. The molecule has 6 nitrogen and oxygen atoms in total. The minimum Gasteiger partial charge on any atom is -0.369 e. The average molecular weight is 172 g/mol. The standard InChI is InChI=1S/C4H8N6S/c5-4(8-6)7-1-3-2-11-10-9-3/h2H,1,6H2,(H3,5,7,8). The fourth-order valence-corrected chi connectivity index (χ4v) is 0.907. The minimum absolute atomic E-state index is 0.193. The molecular formula is C4H8N6S. The van der Waals surface area contributed by atoms with Gasteiger partial charge in [-0.15, -0.1) is 5.10 Å². The Balaban J connectivity index is 2.45. The number of guanidine groups is 1. The van der Waals surface area contributed by atoms with Crippen LogP contribution in [-0.4, -0.2) is 15.5 Å². The number of rotatable bonds is 2. The molecule has 0 aliphatic rings. The van der Waals surface area contributed by atoms with E-state index in [-0.39, 0.29) is 5.96 Å². The highest BCUT2D eigenvalue weighted by Gasteiger charge is 1.93. The van der Waals surface area contributed by atoms with Crippen LogP contribution in [0, 0.1) is 0 Å². The molecule has 0 saturated heterocycles. The molecule has 1 aromatic rings. The first kappa shape index (κ1) is 7.89. The molecule has 11 heavy (non-hydrogen) atoms. The van der Waals surface area contributed by atoms with Crippen molar-refractivity contribution in [2.45, 2.75) is 6.54 Å². The van der Waals surface area contributed by atoms with Crippen molar-refractivity contribution in [2.75, 3.05) is 0 Å². The zero-order chi connectivity index (χ0) is 8.10. The first-order chi connectivity index (χ1) is 5.33. The Morgan fingerprint density at radius 1 is 1.82 bits per heavy atom. The van der Waals surface area contributed by atoms with Crippen molar-refractivity contribution in [3.8, 4) is 0 Å². The van der Waals surface area contributed by atoms with Crippen LogP contribution in [0.3, 0.4) is 0 Å². The van der Waals surface area contributed by atoms with E-state index in [9.17, 15) is 0 Å². The van der Waals surface area contributed by atoms with Gasteiger partial charge in [-0.3, -0.25) is 5.43 Å². The molecule has 0 fully saturated rings. The highest BCUT2D eigenvalue weighted by Crippen LogP contribution is 1.97. The Labute approximate surface area is 67.4 Å². The Morgan fingerprint density at radius 2 is 2.64 bits per heavy atom. The lowest BCUT2D eigenvalue weighted by molar-refractivity contribution is 0.919. The molecule has 1 heterocycles. The van der Waals surface area contributed by atoms with Gasteiger partial charge in [0.25, 0.3) is 0 Å². The molecule has 0 atom stereocenters. The summed E-state index contributed by atoms with van der Waals surface area (Å²) in [7, 11) is 0. The summed E-state index contributed by atoms with van der Waals surface area (Å²) in [6, 6.07) is 0. The zero-order valence-corrected chi connectivity index (χ0v) is 6.51. The quantitative estimate of drug-likeness (QED) is 0.225. The third-order valence-corrected chi connectivity index (χ3v) is 1.52. The molecule has 60 valence electrons. The first-order valence-corrected chi connectivity index (χ1v) is 3.69. The van der Waals surface area contributed by atoms with E-state index in [1.165, 1.54) is 11.5 Å². The molecule has 0 aliphatic carbocycles. The number of nitrogens with two attached hydrogens (primary N) is 2. The molecule has 1 rings (SSSR count). The molecule has 0 saturated carbocycles. The minimum atomic E-state index is 0.193. The van der Waals surface area contributed by atoms with Crippen LogP contribution in [0.15, 0.2) is 10.4 Å². The lowest BCUT2D eigenvalue weighted by atomic mass is 10.5. The van der Waals surface area contributed by atoms with Crippen molar-refractivity contribution in [1.29, 1.82) is 0 Å². The van der Waals surface area contributed by atoms with E-state index in [0.717, 1.165) is 5.69 Å². The molecule has 1 aromatic heterocycles. The van der Waals surface area contributed by atoms with Gasteiger partial charge in [0.2, 0.25) is 5.96 Å². The average Bonchev–Trinajstić information content (AvgIpc) is 2.52. The maximum Gasteiger partial charge on any atom is 0.203 e. The topological polar surface area (TPSA) is 102 Å². The van der Waals surface area contributed by atoms with Crippen molar-refractivity contribution in [1.82, 2.24) is 15.0 Å². The molecule has 0 unspecified atom stereocenters. The number of nitrogens with zero attached hydrogens (tertiary/aromatic N) is 3. The second-order valence-corrected chi connectivity index (χ2v) is 2.35. The van der Waals surface area contributed by atoms with Gasteiger partial charge >= 0.3 is 0 Å². The Bertz CT molecular complexity index is 229. The number of hydrogen-bond acceptors (Lipinski definition) is 5. The number of nitrogens with one attached hydrogen (secondary N) is 1. The van der Waals surface area contributed by atoms with E-state index in [1.54, 1.807) is 5.38 Å². The van der Waals surface area contributed by atoms with Crippen molar-refractivity contribution >= 4 is 17.5 Å². The fraction of sp³-hybridized carbons (Fsp3) is 0.250. The second kappa shape index (κ2) is 3.84. The van der Waals surface area contributed by atoms with Crippen LogP contribution in [0.5, 0.6) is 0 Å². The fourth-order valence-electron chi connectivity index (χ4n) is 0.465. The van der Waals surface area contributed by atoms with Crippen LogP contribution in [0.2, 0.25) is 0 Å². The summed E-state index contributed by atoms with van der Waals surface area (Å²) in [6.45, 7) is 0.409. The lowest BCUT2D eigenvalue weighted by Crippen LogP contribution is -2.37. The second-order valence-electron chi connectivity index (χ2n) is 1.74. The summed E-state index contributed by atoms with van der Waals surface area (Å²) in [6.07, 6.45) is 0. The van der Waals surface area contributed by atoms with Crippen LogP contribution < -0.4 is 17.0 Å². The summed E-state index contributed by atoms with van der Waals surface area (Å²) in [4.78, 5) is 3.85. The van der Waals surface area contributed by atoms with Crippen LogP contribution in [0.25, 0.3) is 0 Å². The largest absolute Gasteiger partial charge is 0.369 e. The van der Waals surface area contributed by atoms with E-state index in [4.69, 9.17) is 11.6 Å². The molecule has 0 spiro atoms. The van der Waals surface area contributed by atoms with E-state index >= 15 is 0 Å². The van der Waals surface area contributed by atoms with Crippen LogP contribution in [0.4, 0.5) is 0 Å². The van der Waals surface area contributed by atoms with Crippen LogP contribution >= 0.6 is 11.5 Å². The van der Waals surface area contributed by atoms with Crippen molar-refractivity contribution < 1.29 is 0 Å². The van der Waals surface area contributed by atoms with E-state index in [1.807, 2.05) is 0 Å². The molecule has 0 radical (unpaired) electrons. The Morgan fingerprint density at radius 3 is 3.18 bits per heavy atom. The molecule has 0 amide bonds. The molecule has 0 aliphatic heterocycles. The monoisotopic (exact) mass is 172 g/mol. The van der Waals surface area contributed by atoms with Gasteiger partial charge in [0.1, 0.15) is 0 Å². The SMILES string of the molecule is NNC(N)=NCc1csnn1. The molecule has 7 heteroatoms. The van der Waals surface area contributed by atoms with E-state index < -0.39 is 0 Å². The van der Waals surface area contributed by atoms with Gasteiger partial charge < -0.3 is 5.73 Å². The Kier molecular flexibility index (Phi) is 2.75. The lowest BCUT2D eigenvalue weighted by Gasteiger charge is -1.94. The summed E-state index contributed by atoms with van der Waals surface area (Å²) in [5.41, 5.74) is 8.25. The predicted molar refractivity (Wildman–Crippen MR) is 42.6 cm³/mol. The third-order valence-electron chi connectivity index (χ3n) is 0.964. The van der Waals surface area contributed by atoms with E-state index in [0.29, 0.717) is 6.54 Å². The Hall–Kier alpha value is -1.21. The third kappa shape index (κ3) is 2.48. The molecule has 5 N–H and O–H groups in total. The van der Waals surface area contributed by atoms with Crippen molar-refractivity contribution in [2.24, 2.45) is 16.6 Å². The maximum absolute atomic E-state index is 5.26. The summed E-state index contributed by atoms with van der Waals surface area (Å²) < 4.78 is 3.66. The van der Waals surface area contributed by atoms with Gasteiger partial charge in [-0.1, -0.05) is 4.49 Å². The van der Waals surface area contributed by atoms with Gasteiger partial charge in [0.15, 0.2) is 0 Å². The van der Waals surface area contributed by atoms with Gasteiger partial charge in [0.05, 0.1) is 12.2 Å². The number of aliphatic imine (C=N–C) groups is 1. The molecule has 0 bridgehead atoms. The highest BCUT2D eigenvalue weighted by molar-refractivity contribution is 7.03. The number of aromatic nitrogens is 2. The van der Waals surface area contributed by atoms with E-state index in [2.05, 4.69) is 20.0 Å². The number of hydrazine groups is 1. The van der Waals surface area contributed by atoms with Crippen molar-refractivity contribution in [3.05, 3.63) is 11.1 Å². The van der Waals surface area contributed by atoms with Crippen LogP contribution in [0.1, 0.15) is 5.69 Å². The van der Waals surface area contributed by atoms with Crippen molar-refractivity contribution in [3.63, 3.8) is 0 Å². The highest BCUT2D eigenvalue weighted by atomic mass is 32.1. The smallest absolute Gasteiger partial charge is 0.203 e.